The molecule has 0 fully saturated rings. The normalized spacial score (nSPS) is 10.3. The van der Waals surface area contributed by atoms with Crippen LogP contribution in [0.2, 0.25) is 0 Å². The Morgan fingerprint density at radius 3 is 2.94 bits per heavy atom. The molecule has 0 spiro atoms. The average molecular weight is 261 g/mol. The molecule has 1 aromatic carbocycles. The summed E-state index contributed by atoms with van der Waals surface area (Å²) in [5.74, 6) is -0.0530. The zero-order valence-corrected chi connectivity index (χ0v) is 11.2. The molecule has 0 aliphatic heterocycles. The van der Waals surface area contributed by atoms with Crippen LogP contribution in [0.1, 0.15) is 0 Å². The van der Waals surface area contributed by atoms with Crippen molar-refractivity contribution in [3.8, 4) is 11.1 Å². The van der Waals surface area contributed by atoms with Crippen LogP contribution in [0, 0.1) is 0 Å². The van der Waals surface area contributed by atoms with Crippen LogP contribution in [-0.4, -0.2) is 29.0 Å². The van der Waals surface area contributed by atoms with Gasteiger partial charge in [-0.05, 0) is 17.9 Å². The van der Waals surface area contributed by atoms with E-state index in [1.165, 1.54) is 4.90 Å². The number of benzene rings is 1. The summed E-state index contributed by atoms with van der Waals surface area (Å²) in [6.07, 6.45) is 5.73. The molecule has 4 nitrogen and oxygen atoms in total. The van der Waals surface area contributed by atoms with Gasteiger partial charge in [-0.1, -0.05) is 18.2 Å². The van der Waals surface area contributed by atoms with E-state index in [1.54, 1.807) is 29.7 Å². The fraction of sp³-hybridized carbons (Fsp3) is 0.231. The van der Waals surface area contributed by atoms with E-state index in [2.05, 4.69) is 22.5 Å². The Morgan fingerprint density at radius 1 is 1.44 bits per heavy atom. The molecular formula is C13H15N3OS. The smallest absolute Gasteiger partial charge is 0.241 e. The van der Waals surface area contributed by atoms with Gasteiger partial charge in [-0.3, -0.25) is 9.48 Å². The number of nitrogens with zero attached hydrogens (tertiary/aromatic N) is 2. The number of carbonyl (C=O) groups is 1. The van der Waals surface area contributed by atoms with Gasteiger partial charge in [-0.25, -0.2) is 0 Å². The Labute approximate surface area is 110 Å². The standard InChI is InChI=1S/C13H15N3OS/c1-14-13(17)9-16-8-10(7-15-16)11-5-3-4-6-12(11)18-2/h3-8H,9H2,1-2H3,(H,14,17). The quantitative estimate of drug-likeness (QED) is 0.857. The molecule has 1 heterocycles. The zero-order chi connectivity index (χ0) is 13.0. The predicted molar refractivity (Wildman–Crippen MR) is 73.5 cm³/mol. The molecule has 2 aromatic rings. The Bertz CT molecular complexity index is 551. The molecule has 0 saturated heterocycles. The van der Waals surface area contributed by atoms with Crippen molar-refractivity contribution in [3.63, 3.8) is 0 Å². The maximum atomic E-state index is 11.3. The second kappa shape index (κ2) is 5.73. The van der Waals surface area contributed by atoms with Gasteiger partial charge >= 0.3 is 0 Å². The molecule has 0 aliphatic rings. The highest BCUT2D eigenvalue weighted by molar-refractivity contribution is 7.98. The SMILES string of the molecule is CNC(=O)Cn1cc(-c2ccccc2SC)cn1. The number of aromatic nitrogens is 2. The molecule has 1 amide bonds. The second-order valence-electron chi connectivity index (χ2n) is 3.80. The molecule has 0 radical (unpaired) electrons. The van der Waals surface area contributed by atoms with E-state index >= 15 is 0 Å². The minimum atomic E-state index is -0.0530. The molecule has 0 atom stereocenters. The van der Waals surface area contributed by atoms with Crippen LogP contribution < -0.4 is 5.32 Å². The lowest BCUT2D eigenvalue weighted by atomic mass is 10.1. The van der Waals surface area contributed by atoms with Crippen LogP contribution in [0.5, 0.6) is 0 Å². The Balaban J connectivity index is 2.26. The maximum Gasteiger partial charge on any atom is 0.241 e. The van der Waals surface area contributed by atoms with Crippen molar-refractivity contribution in [3.05, 3.63) is 36.7 Å². The van der Waals surface area contributed by atoms with Gasteiger partial charge in [0.05, 0.1) is 6.20 Å². The molecule has 0 unspecified atom stereocenters. The van der Waals surface area contributed by atoms with E-state index in [0.29, 0.717) is 0 Å². The molecule has 2 rings (SSSR count). The third kappa shape index (κ3) is 2.73. The van der Waals surface area contributed by atoms with Crippen molar-refractivity contribution in [1.29, 1.82) is 0 Å². The molecule has 0 saturated carbocycles. The summed E-state index contributed by atoms with van der Waals surface area (Å²) in [4.78, 5) is 12.5. The van der Waals surface area contributed by atoms with Gasteiger partial charge in [0, 0.05) is 23.7 Å². The van der Waals surface area contributed by atoms with Crippen molar-refractivity contribution >= 4 is 17.7 Å². The lowest BCUT2D eigenvalue weighted by Gasteiger charge is -2.04. The molecule has 1 aromatic heterocycles. The molecule has 0 bridgehead atoms. The van der Waals surface area contributed by atoms with E-state index in [1.807, 2.05) is 24.6 Å². The summed E-state index contributed by atoms with van der Waals surface area (Å²) in [7, 11) is 1.62. The fourth-order valence-corrected chi connectivity index (χ4v) is 2.32. The molecule has 18 heavy (non-hydrogen) atoms. The van der Waals surface area contributed by atoms with Gasteiger partial charge in [-0.15, -0.1) is 11.8 Å². The largest absolute Gasteiger partial charge is 0.358 e. The topological polar surface area (TPSA) is 46.9 Å². The first-order valence-electron chi connectivity index (χ1n) is 5.61. The summed E-state index contributed by atoms with van der Waals surface area (Å²) in [6, 6.07) is 8.17. The summed E-state index contributed by atoms with van der Waals surface area (Å²) < 4.78 is 1.64. The van der Waals surface area contributed by atoms with Crippen LogP contribution in [0.4, 0.5) is 0 Å². The number of thioether (sulfide) groups is 1. The molecule has 94 valence electrons. The Morgan fingerprint density at radius 2 is 2.22 bits per heavy atom. The van der Waals surface area contributed by atoms with Crippen molar-refractivity contribution in [2.45, 2.75) is 11.4 Å². The Hall–Kier alpha value is -1.75. The summed E-state index contributed by atoms with van der Waals surface area (Å²) >= 11 is 1.70. The van der Waals surface area contributed by atoms with Crippen molar-refractivity contribution in [2.24, 2.45) is 0 Å². The van der Waals surface area contributed by atoms with Crippen molar-refractivity contribution in [1.82, 2.24) is 15.1 Å². The highest BCUT2D eigenvalue weighted by atomic mass is 32.2. The summed E-state index contributed by atoms with van der Waals surface area (Å²) in [5.41, 5.74) is 2.18. The number of rotatable bonds is 4. The molecule has 0 aliphatic carbocycles. The minimum Gasteiger partial charge on any atom is -0.358 e. The number of carbonyl (C=O) groups excluding carboxylic acids is 1. The first-order chi connectivity index (χ1) is 8.74. The highest BCUT2D eigenvalue weighted by Gasteiger charge is 2.07. The first-order valence-corrected chi connectivity index (χ1v) is 6.83. The average Bonchev–Trinajstić information content (AvgIpc) is 2.86. The predicted octanol–water partition coefficient (Wildman–Crippen LogP) is 2.02. The number of likely N-dealkylation sites (N-methyl/N-ethyl adjacent to an activating group) is 1. The van der Waals surface area contributed by atoms with Gasteiger partial charge in [0.1, 0.15) is 6.54 Å². The first kappa shape index (κ1) is 12.7. The molecule has 1 N–H and O–H groups in total. The number of hydrogen-bond acceptors (Lipinski definition) is 3. The van der Waals surface area contributed by atoms with E-state index in [-0.39, 0.29) is 12.5 Å². The van der Waals surface area contributed by atoms with E-state index in [9.17, 15) is 4.79 Å². The summed E-state index contributed by atoms with van der Waals surface area (Å²) in [6.45, 7) is 0.248. The third-order valence-corrected chi connectivity index (χ3v) is 3.43. The maximum absolute atomic E-state index is 11.3. The van der Waals surface area contributed by atoms with Crippen LogP contribution in [0.3, 0.4) is 0 Å². The highest BCUT2D eigenvalue weighted by Crippen LogP contribution is 2.29. The van der Waals surface area contributed by atoms with E-state index in [4.69, 9.17) is 0 Å². The van der Waals surface area contributed by atoms with Crippen molar-refractivity contribution in [2.75, 3.05) is 13.3 Å². The Kier molecular flexibility index (Phi) is 4.04. The zero-order valence-electron chi connectivity index (χ0n) is 10.4. The van der Waals surface area contributed by atoms with E-state index in [0.717, 1.165) is 11.1 Å². The lowest BCUT2D eigenvalue weighted by molar-refractivity contribution is -0.121. The van der Waals surface area contributed by atoms with Crippen LogP contribution in [0.25, 0.3) is 11.1 Å². The minimum absolute atomic E-state index is 0.0530. The van der Waals surface area contributed by atoms with Crippen LogP contribution in [0.15, 0.2) is 41.6 Å². The fourth-order valence-electron chi connectivity index (χ4n) is 1.70. The van der Waals surface area contributed by atoms with Gasteiger partial charge in [-0.2, -0.15) is 5.10 Å². The lowest BCUT2D eigenvalue weighted by Crippen LogP contribution is -2.23. The number of nitrogens with one attached hydrogen (secondary N) is 1. The monoisotopic (exact) mass is 261 g/mol. The van der Waals surface area contributed by atoms with Crippen molar-refractivity contribution < 1.29 is 4.79 Å². The van der Waals surface area contributed by atoms with Gasteiger partial charge in [0.15, 0.2) is 0 Å². The van der Waals surface area contributed by atoms with Crippen LogP contribution in [-0.2, 0) is 11.3 Å². The van der Waals surface area contributed by atoms with Gasteiger partial charge in [0.2, 0.25) is 5.91 Å². The van der Waals surface area contributed by atoms with Gasteiger partial charge < -0.3 is 5.32 Å². The van der Waals surface area contributed by atoms with Gasteiger partial charge in [0.25, 0.3) is 0 Å². The number of amides is 1. The second-order valence-corrected chi connectivity index (χ2v) is 4.65. The van der Waals surface area contributed by atoms with Crippen LogP contribution >= 0.6 is 11.8 Å². The summed E-state index contributed by atoms with van der Waals surface area (Å²) in [5, 5.41) is 6.78. The number of hydrogen-bond donors (Lipinski definition) is 1. The third-order valence-electron chi connectivity index (χ3n) is 2.64. The molecule has 5 heteroatoms. The molecular weight excluding hydrogens is 246 g/mol. The van der Waals surface area contributed by atoms with E-state index < -0.39 is 0 Å².